The van der Waals surface area contributed by atoms with Crippen LogP contribution in [-0.2, 0) is 4.74 Å². The molecule has 0 spiro atoms. The highest BCUT2D eigenvalue weighted by atomic mass is 35.5. The summed E-state index contributed by atoms with van der Waals surface area (Å²) in [6.07, 6.45) is 0.351. The molecular formula is C13H19ClN2O. The minimum atomic E-state index is 0.351. The molecule has 0 amide bonds. The zero-order chi connectivity index (χ0) is 12.1. The third kappa shape index (κ3) is 3.87. The Morgan fingerprint density at radius 1 is 1.47 bits per heavy atom. The highest BCUT2D eigenvalue weighted by molar-refractivity contribution is 6.33. The van der Waals surface area contributed by atoms with E-state index in [9.17, 15) is 0 Å². The number of anilines is 1. The number of hydrogen-bond acceptors (Lipinski definition) is 3. The van der Waals surface area contributed by atoms with Crippen LogP contribution < -0.4 is 5.32 Å². The van der Waals surface area contributed by atoms with Gasteiger partial charge >= 0.3 is 0 Å². The van der Waals surface area contributed by atoms with Crippen LogP contribution in [0.5, 0.6) is 0 Å². The van der Waals surface area contributed by atoms with E-state index in [1.807, 2.05) is 24.3 Å². The van der Waals surface area contributed by atoms with Gasteiger partial charge in [0.15, 0.2) is 0 Å². The smallest absolute Gasteiger partial charge is 0.0674 e. The van der Waals surface area contributed by atoms with Crippen LogP contribution in [-0.4, -0.2) is 43.8 Å². The van der Waals surface area contributed by atoms with E-state index in [-0.39, 0.29) is 0 Å². The Kier molecular flexibility index (Phi) is 4.66. The van der Waals surface area contributed by atoms with E-state index in [2.05, 4.69) is 17.1 Å². The van der Waals surface area contributed by atoms with Gasteiger partial charge in [-0.3, -0.25) is 4.90 Å². The van der Waals surface area contributed by atoms with Crippen molar-refractivity contribution in [1.82, 2.24) is 4.90 Å². The number of nitrogens with zero attached hydrogens (tertiary/aromatic N) is 1. The average molecular weight is 255 g/mol. The summed E-state index contributed by atoms with van der Waals surface area (Å²) < 4.78 is 5.51. The zero-order valence-corrected chi connectivity index (χ0v) is 10.9. The van der Waals surface area contributed by atoms with E-state index in [0.29, 0.717) is 6.10 Å². The molecule has 0 aromatic heterocycles. The van der Waals surface area contributed by atoms with Crippen LogP contribution in [0.2, 0.25) is 5.02 Å². The Morgan fingerprint density at radius 3 is 3.06 bits per heavy atom. The maximum Gasteiger partial charge on any atom is 0.0674 e. The topological polar surface area (TPSA) is 24.5 Å². The predicted molar refractivity (Wildman–Crippen MR) is 71.8 cm³/mol. The normalized spacial score (nSPS) is 21.4. The largest absolute Gasteiger partial charge is 0.383 e. The van der Waals surface area contributed by atoms with E-state index >= 15 is 0 Å². The lowest BCUT2D eigenvalue weighted by atomic mass is 10.3. The quantitative estimate of drug-likeness (QED) is 0.894. The number of rotatable bonds is 4. The molecule has 2 rings (SSSR count). The molecule has 1 atom stereocenters. The van der Waals surface area contributed by atoms with Gasteiger partial charge in [0.1, 0.15) is 0 Å². The molecule has 17 heavy (non-hydrogen) atoms. The monoisotopic (exact) mass is 254 g/mol. The summed E-state index contributed by atoms with van der Waals surface area (Å²) in [7, 11) is 0. The van der Waals surface area contributed by atoms with Crippen LogP contribution >= 0.6 is 11.6 Å². The Morgan fingerprint density at radius 2 is 2.29 bits per heavy atom. The first-order valence-electron chi connectivity index (χ1n) is 6.08. The zero-order valence-electron chi connectivity index (χ0n) is 10.2. The number of benzene rings is 1. The molecule has 94 valence electrons. The van der Waals surface area contributed by atoms with Crippen LogP contribution in [0.25, 0.3) is 0 Å². The van der Waals surface area contributed by atoms with Crippen molar-refractivity contribution < 1.29 is 4.74 Å². The van der Waals surface area contributed by atoms with E-state index in [4.69, 9.17) is 16.3 Å². The minimum Gasteiger partial charge on any atom is -0.383 e. The Balaban J connectivity index is 1.74. The van der Waals surface area contributed by atoms with Gasteiger partial charge in [0.05, 0.1) is 23.4 Å². The number of nitrogens with one attached hydrogen (secondary N) is 1. The van der Waals surface area contributed by atoms with Gasteiger partial charge in [-0.1, -0.05) is 23.7 Å². The number of morpholine rings is 1. The fourth-order valence-corrected chi connectivity index (χ4v) is 2.25. The van der Waals surface area contributed by atoms with Gasteiger partial charge in [-0.25, -0.2) is 0 Å². The lowest BCUT2D eigenvalue weighted by Crippen LogP contribution is -2.43. The van der Waals surface area contributed by atoms with Gasteiger partial charge in [0.25, 0.3) is 0 Å². The van der Waals surface area contributed by atoms with E-state index < -0.39 is 0 Å². The summed E-state index contributed by atoms with van der Waals surface area (Å²) in [5.74, 6) is 0. The maximum atomic E-state index is 6.07. The second-order valence-electron chi connectivity index (χ2n) is 4.39. The summed E-state index contributed by atoms with van der Waals surface area (Å²) in [5, 5.41) is 4.14. The second-order valence-corrected chi connectivity index (χ2v) is 4.80. The van der Waals surface area contributed by atoms with Crippen LogP contribution in [0.1, 0.15) is 6.92 Å². The molecule has 1 aromatic rings. The van der Waals surface area contributed by atoms with Gasteiger partial charge in [-0.05, 0) is 19.1 Å². The van der Waals surface area contributed by atoms with Crippen LogP contribution in [0.4, 0.5) is 5.69 Å². The molecule has 3 nitrogen and oxygen atoms in total. The molecule has 1 saturated heterocycles. The lowest BCUT2D eigenvalue weighted by Gasteiger charge is -2.31. The molecule has 1 aliphatic heterocycles. The fourth-order valence-electron chi connectivity index (χ4n) is 2.05. The van der Waals surface area contributed by atoms with Crippen molar-refractivity contribution in [3.63, 3.8) is 0 Å². The highest BCUT2D eigenvalue weighted by Gasteiger charge is 2.15. The van der Waals surface area contributed by atoms with Crippen molar-refractivity contribution in [2.24, 2.45) is 0 Å². The standard InChI is InChI=1S/C13H19ClN2O/c1-11-10-16(8-9-17-11)7-6-15-13-5-3-2-4-12(13)14/h2-5,11,15H,6-10H2,1H3. The maximum absolute atomic E-state index is 6.07. The first-order valence-corrected chi connectivity index (χ1v) is 6.46. The number of para-hydroxylation sites is 1. The SMILES string of the molecule is CC1CN(CCNc2ccccc2Cl)CCO1. The molecule has 0 bridgehead atoms. The van der Waals surface area contributed by atoms with Crippen molar-refractivity contribution >= 4 is 17.3 Å². The summed E-state index contributed by atoms with van der Waals surface area (Å²) in [4.78, 5) is 2.41. The van der Waals surface area contributed by atoms with Crippen molar-refractivity contribution in [3.05, 3.63) is 29.3 Å². The van der Waals surface area contributed by atoms with Crippen LogP contribution in [0.15, 0.2) is 24.3 Å². The molecule has 1 aromatic carbocycles. The molecule has 0 radical (unpaired) electrons. The minimum absolute atomic E-state index is 0.351. The molecular weight excluding hydrogens is 236 g/mol. The van der Waals surface area contributed by atoms with Crippen molar-refractivity contribution in [2.75, 3.05) is 38.1 Å². The summed E-state index contributed by atoms with van der Waals surface area (Å²) in [6, 6.07) is 7.84. The predicted octanol–water partition coefficient (Wildman–Crippen LogP) is 2.47. The van der Waals surface area contributed by atoms with Crippen LogP contribution in [0, 0.1) is 0 Å². The van der Waals surface area contributed by atoms with E-state index in [0.717, 1.165) is 43.5 Å². The summed E-state index contributed by atoms with van der Waals surface area (Å²) in [5.41, 5.74) is 1.01. The first-order chi connectivity index (χ1) is 8.25. The Hall–Kier alpha value is -0.770. The molecule has 1 fully saturated rings. The van der Waals surface area contributed by atoms with Gasteiger partial charge in [-0.15, -0.1) is 0 Å². The summed E-state index contributed by atoms with van der Waals surface area (Å²) in [6.45, 7) is 6.94. The third-order valence-corrected chi connectivity index (χ3v) is 3.27. The molecule has 4 heteroatoms. The molecule has 1 N–H and O–H groups in total. The van der Waals surface area contributed by atoms with Gasteiger partial charge in [0.2, 0.25) is 0 Å². The number of ether oxygens (including phenoxy) is 1. The average Bonchev–Trinajstić information content (AvgIpc) is 2.32. The van der Waals surface area contributed by atoms with E-state index in [1.165, 1.54) is 0 Å². The number of hydrogen-bond donors (Lipinski definition) is 1. The van der Waals surface area contributed by atoms with Gasteiger partial charge in [-0.2, -0.15) is 0 Å². The fraction of sp³-hybridized carbons (Fsp3) is 0.538. The molecule has 0 aliphatic carbocycles. The second kappa shape index (κ2) is 6.24. The van der Waals surface area contributed by atoms with Crippen molar-refractivity contribution in [1.29, 1.82) is 0 Å². The van der Waals surface area contributed by atoms with Crippen molar-refractivity contribution in [2.45, 2.75) is 13.0 Å². The first kappa shape index (κ1) is 12.7. The molecule has 1 heterocycles. The molecule has 1 aliphatic rings. The highest BCUT2D eigenvalue weighted by Crippen LogP contribution is 2.19. The van der Waals surface area contributed by atoms with Crippen molar-refractivity contribution in [3.8, 4) is 0 Å². The van der Waals surface area contributed by atoms with Crippen LogP contribution in [0.3, 0.4) is 0 Å². The third-order valence-electron chi connectivity index (χ3n) is 2.94. The Labute approximate surface area is 108 Å². The summed E-state index contributed by atoms with van der Waals surface area (Å²) >= 11 is 6.07. The van der Waals surface area contributed by atoms with Gasteiger partial charge < -0.3 is 10.1 Å². The molecule has 0 saturated carbocycles. The molecule has 1 unspecified atom stereocenters. The number of halogens is 1. The van der Waals surface area contributed by atoms with Gasteiger partial charge in [0, 0.05) is 26.2 Å². The Bertz CT molecular complexity index is 359. The lowest BCUT2D eigenvalue weighted by molar-refractivity contribution is -0.0166. The van der Waals surface area contributed by atoms with E-state index in [1.54, 1.807) is 0 Å².